The summed E-state index contributed by atoms with van der Waals surface area (Å²) < 4.78 is 29.6. The molecule has 110 valence electrons. The SMILES string of the molecule is CN(C)C[C@@H](O)CO.Cc1ccc(S(=O)(=O)O)cc1. The van der Waals surface area contributed by atoms with Crippen LogP contribution in [0.15, 0.2) is 29.2 Å². The zero-order valence-corrected chi connectivity index (χ0v) is 12.1. The van der Waals surface area contributed by atoms with Crippen LogP contribution in [0.25, 0.3) is 0 Å². The van der Waals surface area contributed by atoms with E-state index in [0.29, 0.717) is 6.54 Å². The quantitative estimate of drug-likeness (QED) is 0.683. The molecule has 1 atom stereocenters. The molecule has 0 bridgehead atoms. The van der Waals surface area contributed by atoms with Gasteiger partial charge in [-0.2, -0.15) is 8.42 Å². The Morgan fingerprint density at radius 1 is 1.21 bits per heavy atom. The summed E-state index contributed by atoms with van der Waals surface area (Å²) in [6.07, 6.45) is -0.593. The molecule has 0 heterocycles. The predicted molar refractivity (Wildman–Crippen MR) is 72.6 cm³/mol. The number of benzene rings is 1. The number of likely N-dealkylation sites (N-methyl/N-ethyl adjacent to an activating group) is 1. The minimum absolute atomic E-state index is 0.0666. The number of rotatable bonds is 4. The lowest BCUT2D eigenvalue weighted by molar-refractivity contribution is 0.0728. The maximum absolute atomic E-state index is 10.5. The van der Waals surface area contributed by atoms with E-state index >= 15 is 0 Å². The maximum atomic E-state index is 10.5. The number of nitrogens with zero attached hydrogens (tertiary/aromatic N) is 1. The van der Waals surface area contributed by atoms with Gasteiger partial charge in [-0.05, 0) is 33.2 Å². The van der Waals surface area contributed by atoms with Crippen LogP contribution >= 0.6 is 0 Å². The van der Waals surface area contributed by atoms with Gasteiger partial charge >= 0.3 is 0 Å². The number of hydrogen-bond donors (Lipinski definition) is 3. The fourth-order valence-electron chi connectivity index (χ4n) is 1.19. The lowest BCUT2D eigenvalue weighted by Crippen LogP contribution is -2.28. The number of aryl methyl sites for hydroxylation is 1. The molecule has 1 aromatic carbocycles. The van der Waals surface area contributed by atoms with E-state index in [-0.39, 0.29) is 11.5 Å². The highest BCUT2D eigenvalue weighted by atomic mass is 32.2. The van der Waals surface area contributed by atoms with Crippen LogP contribution in [0.2, 0.25) is 0 Å². The summed E-state index contributed by atoms with van der Waals surface area (Å²) in [6.45, 7) is 2.21. The van der Waals surface area contributed by atoms with Gasteiger partial charge in [-0.15, -0.1) is 0 Å². The van der Waals surface area contributed by atoms with Crippen molar-refractivity contribution in [2.75, 3.05) is 27.2 Å². The van der Waals surface area contributed by atoms with E-state index in [1.165, 1.54) is 12.1 Å². The molecule has 0 spiro atoms. The second-order valence-electron chi connectivity index (χ2n) is 4.39. The van der Waals surface area contributed by atoms with Crippen LogP contribution in [0.1, 0.15) is 5.56 Å². The molecular formula is C12H21NO5S. The van der Waals surface area contributed by atoms with Crippen molar-refractivity contribution in [2.45, 2.75) is 17.9 Å². The summed E-state index contributed by atoms with van der Waals surface area (Å²) in [4.78, 5) is 1.75. The highest BCUT2D eigenvalue weighted by Gasteiger charge is 2.06. The second-order valence-corrected chi connectivity index (χ2v) is 5.81. The van der Waals surface area contributed by atoms with Crippen molar-refractivity contribution >= 4 is 10.1 Å². The van der Waals surface area contributed by atoms with Gasteiger partial charge in [-0.1, -0.05) is 17.7 Å². The molecule has 7 heteroatoms. The molecular weight excluding hydrogens is 270 g/mol. The van der Waals surface area contributed by atoms with Gasteiger partial charge < -0.3 is 15.1 Å². The molecule has 0 saturated carbocycles. The molecule has 1 rings (SSSR count). The third-order valence-corrected chi connectivity index (χ3v) is 2.97. The van der Waals surface area contributed by atoms with Gasteiger partial charge in [0.1, 0.15) is 0 Å². The largest absolute Gasteiger partial charge is 0.394 e. The van der Waals surface area contributed by atoms with E-state index < -0.39 is 16.2 Å². The number of aliphatic hydroxyl groups excluding tert-OH is 2. The minimum atomic E-state index is -4.02. The molecule has 0 radical (unpaired) electrons. The van der Waals surface area contributed by atoms with Crippen LogP contribution < -0.4 is 0 Å². The van der Waals surface area contributed by atoms with E-state index in [1.54, 1.807) is 12.1 Å². The van der Waals surface area contributed by atoms with E-state index in [1.807, 2.05) is 25.9 Å². The summed E-state index contributed by atoms with van der Waals surface area (Å²) in [5.41, 5.74) is 0.956. The lowest BCUT2D eigenvalue weighted by atomic mass is 10.2. The highest BCUT2D eigenvalue weighted by Crippen LogP contribution is 2.08. The average molecular weight is 291 g/mol. The van der Waals surface area contributed by atoms with Crippen LogP contribution in [0.4, 0.5) is 0 Å². The number of hydrogen-bond acceptors (Lipinski definition) is 5. The van der Waals surface area contributed by atoms with Crippen molar-refractivity contribution in [1.82, 2.24) is 4.90 Å². The lowest BCUT2D eigenvalue weighted by Gasteiger charge is -2.12. The molecule has 1 aromatic rings. The molecule has 0 aliphatic carbocycles. The molecule has 19 heavy (non-hydrogen) atoms. The molecule has 0 aliphatic heterocycles. The van der Waals surface area contributed by atoms with Crippen LogP contribution in [0.3, 0.4) is 0 Å². The molecule has 0 fully saturated rings. The molecule has 0 aliphatic rings. The third kappa shape index (κ3) is 8.68. The fraction of sp³-hybridized carbons (Fsp3) is 0.500. The summed E-state index contributed by atoms with van der Waals surface area (Å²) >= 11 is 0. The van der Waals surface area contributed by atoms with Crippen molar-refractivity contribution in [3.8, 4) is 0 Å². The highest BCUT2D eigenvalue weighted by molar-refractivity contribution is 7.85. The van der Waals surface area contributed by atoms with Crippen molar-refractivity contribution in [3.63, 3.8) is 0 Å². The Morgan fingerprint density at radius 3 is 1.95 bits per heavy atom. The second kappa shape index (κ2) is 8.23. The van der Waals surface area contributed by atoms with Gasteiger partial charge in [0.25, 0.3) is 10.1 Å². The Morgan fingerprint density at radius 2 is 1.68 bits per heavy atom. The third-order valence-electron chi connectivity index (χ3n) is 2.11. The Kier molecular flexibility index (Phi) is 7.81. The van der Waals surface area contributed by atoms with Crippen LogP contribution in [-0.2, 0) is 10.1 Å². The predicted octanol–water partition coefficient (Wildman–Crippen LogP) is 0.143. The Hall–Kier alpha value is -0.990. The van der Waals surface area contributed by atoms with E-state index in [2.05, 4.69) is 0 Å². The zero-order chi connectivity index (χ0) is 15.1. The van der Waals surface area contributed by atoms with Gasteiger partial charge in [0.15, 0.2) is 0 Å². The Bertz CT molecular complexity index is 456. The molecule has 0 aromatic heterocycles. The average Bonchev–Trinajstić information content (AvgIpc) is 2.28. The molecule has 3 N–H and O–H groups in total. The van der Waals surface area contributed by atoms with Gasteiger partial charge in [0.05, 0.1) is 17.6 Å². The van der Waals surface area contributed by atoms with Gasteiger partial charge in [0.2, 0.25) is 0 Å². The summed E-state index contributed by atoms with van der Waals surface area (Å²) in [7, 11) is -0.327. The molecule has 6 nitrogen and oxygen atoms in total. The zero-order valence-electron chi connectivity index (χ0n) is 11.3. The van der Waals surface area contributed by atoms with E-state index in [0.717, 1.165) is 5.56 Å². The van der Waals surface area contributed by atoms with Crippen LogP contribution in [0.5, 0.6) is 0 Å². The van der Waals surface area contributed by atoms with Crippen molar-refractivity contribution < 1.29 is 23.2 Å². The summed E-state index contributed by atoms with van der Waals surface area (Å²) in [6, 6.07) is 5.99. The first-order chi connectivity index (χ1) is 8.66. The van der Waals surface area contributed by atoms with Crippen molar-refractivity contribution in [2.24, 2.45) is 0 Å². The Labute approximate surface area is 114 Å². The van der Waals surface area contributed by atoms with E-state index in [9.17, 15) is 8.42 Å². The first-order valence-electron chi connectivity index (χ1n) is 5.64. The standard InChI is InChI=1S/C7H8O3S.C5H13NO2/c1-6-2-4-7(5-3-6)11(8,9)10;1-6(2)3-5(8)4-7/h2-5H,1H3,(H,8,9,10);5,7-8H,3-4H2,1-2H3/t;5-/m.1/s1. The van der Waals surface area contributed by atoms with E-state index in [4.69, 9.17) is 14.8 Å². The molecule has 0 unspecified atom stereocenters. The topological polar surface area (TPSA) is 98.1 Å². The van der Waals surface area contributed by atoms with Gasteiger partial charge in [-0.3, -0.25) is 4.55 Å². The normalized spacial score (nSPS) is 12.8. The minimum Gasteiger partial charge on any atom is -0.394 e. The van der Waals surface area contributed by atoms with Crippen LogP contribution in [0, 0.1) is 6.92 Å². The van der Waals surface area contributed by atoms with Gasteiger partial charge in [-0.25, -0.2) is 0 Å². The summed E-state index contributed by atoms with van der Waals surface area (Å²) in [5.74, 6) is 0. The molecule has 0 saturated heterocycles. The smallest absolute Gasteiger partial charge is 0.294 e. The maximum Gasteiger partial charge on any atom is 0.294 e. The first-order valence-corrected chi connectivity index (χ1v) is 7.08. The summed E-state index contributed by atoms with van der Waals surface area (Å²) in [5, 5.41) is 17.0. The van der Waals surface area contributed by atoms with Gasteiger partial charge in [0, 0.05) is 6.54 Å². The first kappa shape index (κ1) is 18.0. The van der Waals surface area contributed by atoms with Crippen LogP contribution in [-0.4, -0.2) is 61.4 Å². The monoisotopic (exact) mass is 291 g/mol. The Balaban J connectivity index is 0.000000362. The van der Waals surface area contributed by atoms with Crippen molar-refractivity contribution in [1.29, 1.82) is 0 Å². The van der Waals surface area contributed by atoms with Crippen molar-refractivity contribution in [3.05, 3.63) is 29.8 Å². The molecule has 0 amide bonds. The fourth-order valence-corrected chi connectivity index (χ4v) is 1.67. The number of aliphatic hydroxyl groups is 2.